The van der Waals surface area contributed by atoms with E-state index in [1.807, 2.05) is 51.1 Å². The Labute approximate surface area is 167 Å². The molecule has 0 unspecified atom stereocenters. The highest BCUT2D eigenvalue weighted by molar-refractivity contribution is 9.10. The van der Waals surface area contributed by atoms with Gasteiger partial charge in [0.25, 0.3) is 0 Å². The Balaban J connectivity index is 2.20. The molecule has 0 saturated heterocycles. The van der Waals surface area contributed by atoms with Gasteiger partial charge < -0.3 is 14.5 Å². The number of likely N-dealkylation sites (N-methyl/N-ethyl adjacent to an activating group) is 1. The number of methoxy groups -OCH3 is 1. The summed E-state index contributed by atoms with van der Waals surface area (Å²) < 4.78 is 12.5. The smallest absolute Gasteiger partial charge is 0.244 e. The van der Waals surface area contributed by atoms with E-state index in [1.54, 1.807) is 19.4 Å². The second-order valence-corrected chi connectivity index (χ2v) is 7.25. The van der Waals surface area contributed by atoms with Crippen LogP contribution in [0.25, 0.3) is 27.7 Å². The fourth-order valence-corrected chi connectivity index (χ4v) is 3.49. The third kappa shape index (κ3) is 3.78. The zero-order valence-corrected chi connectivity index (χ0v) is 17.4. The first-order chi connectivity index (χ1) is 13.0. The predicted octanol–water partition coefficient (Wildman–Crippen LogP) is 5.72. The van der Waals surface area contributed by atoms with Crippen LogP contribution in [0.3, 0.4) is 0 Å². The van der Waals surface area contributed by atoms with Crippen molar-refractivity contribution in [3.05, 3.63) is 58.3 Å². The number of rotatable bonds is 5. The molecule has 0 saturated carbocycles. The molecule has 3 rings (SSSR count). The minimum Gasteiger partial charge on any atom is -0.496 e. The van der Waals surface area contributed by atoms with E-state index >= 15 is 0 Å². The van der Waals surface area contributed by atoms with Crippen LogP contribution in [0.5, 0.6) is 5.75 Å². The van der Waals surface area contributed by atoms with Crippen molar-refractivity contribution in [2.45, 2.75) is 20.8 Å². The van der Waals surface area contributed by atoms with E-state index in [4.69, 9.17) is 9.15 Å². The first-order valence-corrected chi connectivity index (χ1v) is 9.56. The maximum Gasteiger partial charge on any atom is 0.244 e. The lowest BCUT2D eigenvalue weighted by atomic mass is 9.96. The van der Waals surface area contributed by atoms with Crippen molar-refractivity contribution < 1.29 is 13.9 Å². The second kappa shape index (κ2) is 8.01. The van der Waals surface area contributed by atoms with Crippen LogP contribution in [0, 0.1) is 6.92 Å². The van der Waals surface area contributed by atoms with Crippen LogP contribution in [0.4, 0.5) is 0 Å². The molecule has 140 valence electrons. The minimum absolute atomic E-state index is 0.116. The van der Waals surface area contributed by atoms with Gasteiger partial charge in [0.05, 0.1) is 13.4 Å². The summed E-state index contributed by atoms with van der Waals surface area (Å²) in [5.41, 5.74) is 5.50. The Morgan fingerprint density at radius 1 is 1.30 bits per heavy atom. The van der Waals surface area contributed by atoms with Crippen molar-refractivity contribution >= 4 is 38.4 Å². The summed E-state index contributed by atoms with van der Waals surface area (Å²) in [6, 6.07) is 10.1. The SMILES string of the molecule is CCNC(=O)/C=C(\C)c1cc2c(-c3ccc(Br)cc3)coc2c(C)c1OC. The average Bonchev–Trinajstić information content (AvgIpc) is 3.06. The first-order valence-electron chi connectivity index (χ1n) is 8.77. The number of hydrogen-bond acceptors (Lipinski definition) is 3. The van der Waals surface area contributed by atoms with Crippen molar-refractivity contribution in [1.29, 1.82) is 0 Å². The molecule has 0 aliphatic heterocycles. The van der Waals surface area contributed by atoms with Crippen LogP contribution < -0.4 is 10.1 Å². The number of carbonyl (C=O) groups is 1. The summed E-state index contributed by atoms with van der Waals surface area (Å²) in [5.74, 6) is 0.604. The molecule has 0 fully saturated rings. The Morgan fingerprint density at radius 2 is 2.00 bits per heavy atom. The summed E-state index contributed by atoms with van der Waals surface area (Å²) in [7, 11) is 1.63. The maximum absolute atomic E-state index is 12.0. The van der Waals surface area contributed by atoms with E-state index in [9.17, 15) is 4.79 Å². The third-order valence-electron chi connectivity index (χ3n) is 4.53. The van der Waals surface area contributed by atoms with Crippen molar-refractivity contribution in [2.75, 3.05) is 13.7 Å². The van der Waals surface area contributed by atoms with Gasteiger partial charge in [-0.2, -0.15) is 0 Å². The number of carbonyl (C=O) groups excluding carboxylic acids is 1. The van der Waals surface area contributed by atoms with E-state index in [2.05, 4.69) is 21.2 Å². The van der Waals surface area contributed by atoms with Crippen LogP contribution in [-0.4, -0.2) is 19.6 Å². The highest BCUT2D eigenvalue weighted by atomic mass is 79.9. The number of halogens is 1. The number of benzene rings is 2. The van der Waals surface area contributed by atoms with Crippen molar-refractivity contribution in [3.63, 3.8) is 0 Å². The van der Waals surface area contributed by atoms with Gasteiger partial charge in [-0.15, -0.1) is 0 Å². The molecule has 0 spiro atoms. The molecule has 3 aromatic rings. The lowest BCUT2D eigenvalue weighted by Crippen LogP contribution is -2.20. The number of ether oxygens (including phenoxy) is 1. The number of amides is 1. The lowest BCUT2D eigenvalue weighted by Gasteiger charge is -2.13. The van der Waals surface area contributed by atoms with Gasteiger partial charge in [-0.05, 0) is 50.1 Å². The predicted molar refractivity (Wildman–Crippen MR) is 113 cm³/mol. The molecule has 1 N–H and O–H groups in total. The number of nitrogens with one attached hydrogen (secondary N) is 1. The summed E-state index contributed by atoms with van der Waals surface area (Å²) in [5, 5.41) is 3.79. The summed E-state index contributed by atoms with van der Waals surface area (Å²) >= 11 is 3.47. The molecule has 0 aliphatic rings. The van der Waals surface area contributed by atoms with Gasteiger partial charge in [0.1, 0.15) is 11.3 Å². The lowest BCUT2D eigenvalue weighted by molar-refractivity contribution is -0.116. The van der Waals surface area contributed by atoms with Crippen molar-refractivity contribution in [1.82, 2.24) is 5.32 Å². The highest BCUT2D eigenvalue weighted by Crippen LogP contribution is 2.40. The van der Waals surface area contributed by atoms with Crippen LogP contribution >= 0.6 is 15.9 Å². The minimum atomic E-state index is -0.116. The maximum atomic E-state index is 12.0. The van der Waals surface area contributed by atoms with E-state index in [-0.39, 0.29) is 5.91 Å². The summed E-state index contributed by atoms with van der Waals surface area (Å²) in [6.07, 6.45) is 3.37. The molecule has 5 heteroatoms. The number of fused-ring (bicyclic) bond motifs is 1. The Morgan fingerprint density at radius 3 is 2.63 bits per heavy atom. The Hall–Kier alpha value is -2.53. The second-order valence-electron chi connectivity index (χ2n) is 6.34. The van der Waals surface area contributed by atoms with E-state index in [0.717, 1.165) is 49.0 Å². The molecule has 0 radical (unpaired) electrons. The van der Waals surface area contributed by atoms with Gasteiger partial charge in [-0.1, -0.05) is 28.1 Å². The summed E-state index contributed by atoms with van der Waals surface area (Å²) in [4.78, 5) is 12.0. The van der Waals surface area contributed by atoms with Gasteiger partial charge in [-0.3, -0.25) is 4.79 Å². The van der Waals surface area contributed by atoms with E-state index in [1.165, 1.54) is 0 Å². The topological polar surface area (TPSA) is 51.5 Å². The molecule has 1 heterocycles. The molecule has 2 aromatic carbocycles. The zero-order valence-electron chi connectivity index (χ0n) is 15.9. The molecular weight excluding hydrogens is 406 g/mol. The normalized spacial score (nSPS) is 11.7. The highest BCUT2D eigenvalue weighted by Gasteiger charge is 2.18. The van der Waals surface area contributed by atoms with E-state index in [0.29, 0.717) is 6.54 Å². The fraction of sp³-hybridized carbons (Fsp3) is 0.227. The molecule has 0 aliphatic carbocycles. The zero-order chi connectivity index (χ0) is 19.6. The van der Waals surface area contributed by atoms with Crippen LogP contribution in [0.15, 0.2) is 51.6 Å². The van der Waals surface area contributed by atoms with Gasteiger partial charge in [0, 0.05) is 39.2 Å². The molecule has 1 amide bonds. The largest absolute Gasteiger partial charge is 0.496 e. The number of aryl methyl sites for hydroxylation is 1. The molecule has 0 atom stereocenters. The van der Waals surface area contributed by atoms with Crippen LogP contribution in [0.2, 0.25) is 0 Å². The number of furan rings is 1. The molecule has 27 heavy (non-hydrogen) atoms. The quantitative estimate of drug-likeness (QED) is 0.529. The van der Waals surface area contributed by atoms with Gasteiger partial charge in [0.15, 0.2) is 0 Å². The summed E-state index contributed by atoms with van der Waals surface area (Å²) in [6.45, 7) is 6.37. The molecule has 4 nitrogen and oxygen atoms in total. The number of allylic oxidation sites excluding steroid dienone is 1. The van der Waals surface area contributed by atoms with Crippen LogP contribution in [-0.2, 0) is 4.79 Å². The van der Waals surface area contributed by atoms with Gasteiger partial charge in [0.2, 0.25) is 5.91 Å². The van der Waals surface area contributed by atoms with Gasteiger partial charge in [-0.25, -0.2) is 0 Å². The number of hydrogen-bond donors (Lipinski definition) is 1. The average molecular weight is 428 g/mol. The fourth-order valence-electron chi connectivity index (χ4n) is 3.22. The van der Waals surface area contributed by atoms with Gasteiger partial charge >= 0.3 is 0 Å². The Kier molecular flexibility index (Phi) is 5.71. The standard InChI is InChI=1S/C22H22BrNO3/c1-5-24-20(25)10-13(2)17-11-18-19(15-6-8-16(23)9-7-15)12-27-22(18)14(3)21(17)26-4/h6-12H,5H2,1-4H3,(H,24,25)/b13-10+. The van der Waals surface area contributed by atoms with E-state index < -0.39 is 0 Å². The monoisotopic (exact) mass is 427 g/mol. The van der Waals surface area contributed by atoms with Crippen LogP contribution in [0.1, 0.15) is 25.0 Å². The molecular formula is C22H22BrNO3. The third-order valence-corrected chi connectivity index (χ3v) is 5.06. The Bertz CT molecular complexity index is 1020. The molecule has 1 aromatic heterocycles. The first kappa shape index (κ1) is 19.2. The van der Waals surface area contributed by atoms with Crippen molar-refractivity contribution in [3.8, 4) is 16.9 Å². The molecule has 0 bridgehead atoms. The van der Waals surface area contributed by atoms with Crippen molar-refractivity contribution in [2.24, 2.45) is 0 Å².